The van der Waals surface area contributed by atoms with Crippen molar-refractivity contribution >= 4 is 47.8 Å². The number of alkyl halides is 1. The average Bonchev–Trinajstić information content (AvgIpc) is 2.01. The van der Waals surface area contributed by atoms with Crippen LogP contribution in [0.4, 0.5) is 8.78 Å². The molecule has 0 amide bonds. The number of benzene rings is 1. The van der Waals surface area contributed by atoms with Crippen LogP contribution in [0.15, 0.2) is 15.0 Å². The summed E-state index contributed by atoms with van der Waals surface area (Å²) >= 11 is 9.26. The van der Waals surface area contributed by atoms with Crippen molar-refractivity contribution in [2.45, 2.75) is 5.33 Å². The van der Waals surface area contributed by atoms with Crippen LogP contribution in [0.2, 0.25) is 0 Å². The van der Waals surface area contributed by atoms with E-state index in [2.05, 4.69) is 47.8 Å². The molecule has 0 heterocycles. The highest BCUT2D eigenvalue weighted by Gasteiger charge is 2.13. The first kappa shape index (κ1) is 10.6. The largest absolute Gasteiger partial charge is 0.204 e. The molecule has 0 saturated heterocycles. The highest BCUT2D eigenvalue weighted by atomic mass is 79.9. The third-order valence-corrected chi connectivity index (χ3v) is 3.44. The highest BCUT2D eigenvalue weighted by Crippen LogP contribution is 2.31. The van der Waals surface area contributed by atoms with Gasteiger partial charge in [0.1, 0.15) is 0 Å². The van der Waals surface area contributed by atoms with E-state index < -0.39 is 11.6 Å². The molecule has 1 aromatic carbocycles. The van der Waals surface area contributed by atoms with Crippen molar-refractivity contribution in [2.24, 2.45) is 0 Å². The number of hydrogen-bond donors (Lipinski definition) is 0. The second-order valence-corrected chi connectivity index (χ2v) is 4.29. The van der Waals surface area contributed by atoms with E-state index in [4.69, 9.17) is 0 Å². The van der Waals surface area contributed by atoms with Gasteiger partial charge in [-0.15, -0.1) is 0 Å². The minimum Gasteiger partial charge on any atom is -0.204 e. The Morgan fingerprint density at radius 3 is 2.33 bits per heavy atom. The summed E-state index contributed by atoms with van der Waals surface area (Å²) in [6.45, 7) is 0. The fourth-order valence-electron chi connectivity index (χ4n) is 0.726. The molecule has 0 aliphatic heterocycles. The van der Waals surface area contributed by atoms with Crippen molar-refractivity contribution in [3.8, 4) is 0 Å². The molecule has 0 radical (unpaired) electrons. The van der Waals surface area contributed by atoms with Gasteiger partial charge < -0.3 is 0 Å². The van der Waals surface area contributed by atoms with Gasteiger partial charge in [-0.1, -0.05) is 31.9 Å². The SMILES string of the molecule is Fc1cc(Br)c(CBr)c(Br)c1F. The predicted molar refractivity (Wildman–Crippen MR) is 54.4 cm³/mol. The van der Waals surface area contributed by atoms with E-state index in [9.17, 15) is 8.78 Å². The molecule has 0 fully saturated rings. The molecule has 12 heavy (non-hydrogen) atoms. The van der Waals surface area contributed by atoms with Crippen molar-refractivity contribution in [3.63, 3.8) is 0 Å². The van der Waals surface area contributed by atoms with E-state index in [-0.39, 0.29) is 4.47 Å². The maximum Gasteiger partial charge on any atom is 0.173 e. The van der Waals surface area contributed by atoms with Gasteiger partial charge >= 0.3 is 0 Å². The van der Waals surface area contributed by atoms with Crippen molar-refractivity contribution < 1.29 is 8.78 Å². The van der Waals surface area contributed by atoms with Crippen molar-refractivity contribution in [2.75, 3.05) is 0 Å². The summed E-state index contributed by atoms with van der Waals surface area (Å²) in [6.07, 6.45) is 0. The van der Waals surface area contributed by atoms with Crippen molar-refractivity contribution in [1.82, 2.24) is 0 Å². The van der Waals surface area contributed by atoms with Crippen LogP contribution in [0.25, 0.3) is 0 Å². The van der Waals surface area contributed by atoms with Crippen LogP contribution >= 0.6 is 47.8 Å². The monoisotopic (exact) mass is 362 g/mol. The molecule has 1 rings (SSSR count). The molecule has 66 valence electrons. The lowest BCUT2D eigenvalue weighted by molar-refractivity contribution is 0.502. The maximum atomic E-state index is 12.9. The zero-order valence-electron chi connectivity index (χ0n) is 5.67. The Hall–Kier alpha value is 0.520. The van der Waals surface area contributed by atoms with E-state index in [0.29, 0.717) is 15.4 Å². The average molecular weight is 365 g/mol. The normalized spacial score (nSPS) is 10.4. The third-order valence-electron chi connectivity index (χ3n) is 1.34. The topological polar surface area (TPSA) is 0 Å². The highest BCUT2D eigenvalue weighted by molar-refractivity contribution is 9.11. The minimum absolute atomic E-state index is 0.159. The molecular formula is C7H3Br3F2. The van der Waals surface area contributed by atoms with Crippen LogP contribution in [0.5, 0.6) is 0 Å². The second kappa shape index (κ2) is 4.15. The van der Waals surface area contributed by atoms with Crippen LogP contribution < -0.4 is 0 Å². The Bertz CT molecular complexity index is 312. The zero-order valence-corrected chi connectivity index (χ0v) is 10.4. The Morgan fingerprint density at radius 2 is 1.83 bits per heavy atom. The van der Waals surface area contributed by atoms with Gasteiger partial charge in [0.2, 0.25) is 0 Å². The van der Waals surface area contributed by atoms with E-state index in [1.165, 1.54) is 0 Å². The predicted octanol–water partition coefficient (Wildman–Crippen LogP) is 4.38. The molecule has 0 bridgehead atoms. The van der Waals surface area contributed by atoms with Gasteiger partial charge in [-0.25, -0.2) is 8.78 Å². The molecule has 0 nitrogen and oxygen atoms in total. The molecule has 0 saturated carbocycles. The number of rotatable bonds is 1. The van der Waals surface area contributed by atoms with Crippen LogP contribution in [-0.2, 0) is 5.33 Å². The van der Waals surface area contributed by atoms with Gasteiger partial charge in [0.25, 0.3) is 0 Å². The third kappa shape index (κ3) is 1.88. The van der Waals surface area contributed by atoms with Crippen LogP contribution in [0.3, 0.4) is 0 Å². The fourth-order valence-corrected chi connectivity index (χ4v) is 3.41. The smallest absolute Gasteiger partial charge is 0.173 e. The van der Waals surface area contributed by atoms with E-state index in [1.807, 2.05) is 0 Å². The Kier molecular flexibility index (Phi) is 3.67. The van der Waals surface area contributed by atoms with Gasteiger partial charge in [-0.2, -0.15) is 0 Å². The number of halogens is 5. The maximum absolute atomic E-state index is 12.9. The van der Waals surface area contributed by atoms with Gasteiger partial charge in [0, 0.05) is 9.80 Å². The van der Waals surface area contributed by atoms with Crippen molar-refractivity contribution in [3.05, 3.63) is 32.2 Å². The standard InChI is InChI=1S/C7H3Br3F2/c8-2-3-4(9)1-5(11)7(12)6(3)10/h1H,2H2. The van der Waals surface area contributed by atoms with Crippen LogP contribution in [-0.4, -0.2) is 0 Å². The van der Waals surface area contributed by atoms with E-state index >= 15 is 0 Å². The minimum atomic E-state index is -0.863. The summed E-state index contributed by atoms with van der Waals surface area (Å²) in [7, 11) is 0. The molecular weight excluding hydrogens is 362 g/mol. The van der Waals surface area contributed by atoms with Crippen LogP contribution in [0.1, 0.15) is 5.56 Å². The van der Waals surface area contributed by atoms with E-state index in [1.54, 1.807) is 0 Å². The molecule has 5 heteroatoms. The Labute approximate surface area is 93.7 Å². The summed E-state index contributed by atoms with van der Waals surface area (Å²) in [5.74, 6) is -1.72. The zero-order chi connectivity index (χ0) is 9.30. The summed E-state index contributed by atoms with van der Waals surface area (Å²) in [5, 5.41) is 0.464. The lowest BCUT2D eigenvalue weighted by Crippen LogP contribution is -1.92. The van der Waals surface area contributed by atoms with Gasteiger partial charge in [-0.05, 0) is 27.6 Å². The first-order valence-electron chi connectivity index (χ1n) is 2.95. The van der Waals surface area contributed by atoms with Gasteiger partial charge in [-0.3, -0.25) is 0 Å². The lowest BCUT2D eigenvalue weighted by Gasteiger charge is -2.05. The molecule has 0 aliphatic carbocycles. The summed E-state index contributed by atoms with van der Waals surface area (Å²) in [6, 6.07) is 1.11. The summed E-state index contributed by atoms with van der Waals surface area (Å²) in [4.78, 5) is 0. The Morgan fingerprint density at radius 1 is 1.25 bits per heavy atom. The molecule has 0 N–H and O–H groups in total. The van der Waals surface area contributed by atoms with Gasteiger partial charge in [0.05, 0.1) is 4.47 Å². The van der Waals surface area contributed by atoms with Crippen LogP contribution in [0, 0.1) is 11.6 Å². The summed E-state index contributed by atoms with van der Waals surface area (Å²) < 4.78 is 26.3. The summed E-state index contributed by atoms with van der Waals surface area (Å²) in [5.41, 5.74) is 0.661. The molecule has 0 spiro atoms. The lowest BCUT2D eigenvalue weighted by atomic mass is 10.2. The molecule has 1 aromatic rings. The fraction of sp³-hybridized carbons (Fsp3) is 0.143. The van der Waals surface area contributed by atoms with E-state index in [0.717, 1.165) is 6.07 Å². The number of hydrogen-bond acceptors (Lipinski definition) is 0. The molecule has 0 atom stereocenters. The second-order valence-electron chi connectivity index (χ2n) is 2.08. The first-order valence-corrected chi connectivity index (χ1v) is 5.66. The van der Waals surface area contributed by atoms with Gasteiger partial charge in [0.15, 0.2) is 11.6 Å². The molecule has 0 unspecified atom stereocenters. The molecule has 0 aliphatic rings. The first-order chi connectivity index (χ1) is 5.57. The van der Waals surface area contributed by atoms with Crippen molar-refractivity contribution in [1.29, 1.82) is 0 Å². The quantitative estimate of drug-likeness (QED) is 0.394. The Balaban J connectivity index is 3.40. The molecule has 0 aromatic heterocycles.